The largest absolute Gasteiger partial charge is 0.344 e. The Morgan fingerprint density at radius 2 is 1.96 bits per heavy atom. The van der Waals surface area contributed by atoms with Gasteiger partial charge in [0.15, 0.2) is 0 Å². The number of thiophene rings is 1. The van der Waals surface area contributed by atoms with Crippen LogP contribution in [0.1, 0.15) is 24.8 Å². The van der Waals surface area contributed by atoms with Crippen LogP contribution in [0.5, 0.6) is 0 Å². The van der Waals surface area contributed by atoms with Crippen LogP contribution in [0.15, 0.2) is 41.8 Å². The topological polar surface area (TPSA) is 40.6 Å². The number of carbonyl (C=O) groups excluding carboxylic acids is 2. The molecule has 1 aromatic heterocycles. The molecule has 1 saturated heterocycles. The van der Waals surface area contributed by atoms with E-state index in [4.69, 9.17) is 0 Å². The summed E-state index contributed by atoms with van der Waals surface area (Å²) in [6.45, 7) is 1.82. The van der Waals surface area contributed by atoms with Crippen molar-refractivity contribution in [3.63, 3.8) is 0 Å². The van der Waals surface area contributed by atoms with Crippen molar-refractivity contribution in [1.29, 1.82) is 0 Å². The third kappa shape index (κ3) is 3.79. The molecule has 1 atom stereocenters. The van der Waals surface area contributed by atoms with Gasteiger partial charge in [-0.3, -0.25) is 9.59 Å². The zero-order valence-electron chi connectivity index (χ0n) is 15.8. The number of likely N-dealkylation sites (N-methyl/N-ethyl adjacent to an activating group) is 1. The molecule has 0 radical (unpaired) electrons. The molecule has 1 saturated carbocycles. The van der Waals surface area contributed by atoms with Crippen LogP contribution in [0.3, 0.4) is 0 Å². The summed E-state index contributed by atoms with van der Waals surface area (Å²) in [6, 6.07) is 12.5. The predicted octanol–water partition coefficient (Wildman–Crippen LogP) is 3.67. The van der Waals surface area contributed by atoms with Gasteiger partial charge in [0.05, 0.1) is 5.92 Å². The Balaban J connectivity index is 1.57. The first-order valence-electron chi connectivity index (χ1n) is 9.79. The van der Waals surface area contributed by atoms with E-state index in [2.05, 4.69) is 29.6 Å². The fraction of sp³-hybridized carbons (Fsp3) is 0.455. The first-order chi connectivity index (χ1) is 13.1. The van der Waals surface area contributed by atoms with Gasteiger partial charge in [-0.1, -0.05) is 36.8 Å². The predicted molar refractivity (Wildman–Crippen MR) is 109 cm³/mol. The Morgan fingerprint density at radius 3 is 2.67 bits per heavy atom. The van der Waals surface area contributed by atoms with E-state index >= 15 is 0 Å². The molecule has 4 nitrogen and oxygen atoms in total. The number of benzene rings is 1. The molecule has 4 rings (SSSR count). The normalized spacial score (nSPS) is 21.1. The van der Waals surface area contributed by atoms with Crippen molar-refractivity contribution in [2.45, 2.75) is 25.7 Å². The quantitative estimate of drug-likeness (QED) is 0.809. The van der Waals surface area contributed by atoms with Crippen LogP contribution in [-0.2, 0) is 16.0 Å². The molecule has 0 spiro atoms. The van der Waals surface area contributed by atoms with Crippen LogP contribution in [0, 0.1) is 11.8 Å². The Labute approximate surface area is 164 Å². The average molecular weight is 383 g/mol. The lowest BCUT2D eigenvalue weighted by Crippen LogP contribution is -2.42. The zero-order chi connectivity index (χ0) is 18.8. The summed E-state index contributed by atoms with van der Waals surface area (Å²) < 4.78 is 0. The Hall–Kier alpha value is -2.14. The van der Waals surface area contributed by atoms with Gasteiger partial charge < -0.3 is 9.80 Å². The number of carbonyl (C=O) groups is 2. The molecule has 0 unspecified atom stereocenters. The van der Waals surface area contributed by atoms with Gasteiger partial charge in [-0.05, 0) is 41.8 Å². The molecular formula is C22H26N2O2S. The molecule has 2 aromatic rings. The van der Waals surface area contributed by atoms with E-state index in [1.165, 1.54) is 16.0 Å². The molecule has 2 amide bonds. The number of hydrogen-bond acceptors (Lipinski definition) is 3. The van der Waals surface area contributed by atoms with Crippen molar-refractivity contribution in [3.05, 3.63) is 47.3 Å². The van der Waals surface area contributed by atoms with Gasteiger partial charge in [0.1, 0.15) is 0 Å². The highest BCUT2D eigenvalue weighted by atomic mass is 32.1. The second-order valence-electron chi connectivity index (χ2n) is 7.71. The third-order valence-corrected chi connectivity index (χ3v) is 6.81. The molecule has 2 aliphatic rings. The van der Waals surface area contributed by atoms with Crippen molar-refractivity contribution in [2.24, 2.45) is 11.8 Å². The Bertz CT molecular complexity index is 813. The average Bonchev–Trinajstić information content (AvgIpc) is 3.12. The Morgan fingerprint density at radius 1 is 1.15 bits per heavy atom. The summed E-state index contributed by atoms with van der Waals surface area (Å²) in [5.74, 6) is 0.408. The summed E-state index contributed by atoms with van der Waals surface area (Å²) >= 11 is 1.72. The maximum Gasteiger partial charge on any atom is 0.227 e. The van der Waals surface area contributed by atoms with Gasteiger partial charge in [0.2, 0.25) is 11.8 Å². The van der Waals surface area contributed by atoms with Gasteiger partial charge in [0, 0.05) is 37.5 Å². The molecule has 2 fully saturated rings. The van der Waals surface area contributed by atoms with Crippen LogP contribution < -0.4 is 0 Å². The van der Waals surface area contributed by atoms with E-state index in [9.17, 15) is 9.59 Å². The van der Waals surface area contributed by atoms with Crippen molar-refractivity contribution in [2.75, 3.05) is 26.7 Å². The van der Waals surface area contributed by atoms with Gasteiger partial charge in [-0.15, -0.1) is 11.3 Å². The third-order valence-electron chi connectivity index (χ3n) is 5.91. The van der Waals surface area contributed by atoms with E-state index in [1.54, 1.807) is 16.2 Å². The van der Waals surface area contributed by atoms with E-state index in [0.717, 1.165) is 19.3 Å². The minimum atomic E-state index is -0.178. The second-order valence-corrected chi connectivity index (χ2v) is 8.66. The molecule has 27 heavy (non-hydrogen) atoms. The molecule has 1 aliphatic carbocycles. The highest BCUT2D eigenvalue weighted by Crippen LogP contribution is 2.32. The number of amides is 2. The minimum absolute atomic E-state index is 0.153. The lowest BCUT2D eigenvalue weighted by Gasteiger charge is -2.32. The van der Waals surface area contributed by atoms with Gasteiger partial charge in [0.25, 0.3) is 0 Å². The van der Waals surface area contributed by atoms with Crippen molar-refractivity contribution >= 4 is 23.2 Å². The van der Waals surface area contributed by atoms with Crippen molar-refractivity contribution in [1.82, 2.24) is 9.80 Å². The van der Waals surface area contributed by atoms with E-state index in [1.807, 2.05) is 24.1 Å². The summed E-state index contributed by atoms with van der Waals surface area (Å²) in [5, 5.41) is 2.08. The maximum atomic E-state index is 13.0. The lowest BCUT2D eigenvalue weighted by molar-refractivity contribution is -0.138. The van der Waals surface area contributed by atoms with Crippen LogP contribution in [0.2, 0.25) is 0 Å². The fourth-order valence-electron chi connectivity index (χ4n) is 4.03. The van der Waals surface area contributed by atoms with Crippen molar-refractivity contribution < 1.29 is 9.59 Å². The molecule has 1 aliphatic heterocycles. The molecule has 0 bridgehead atoms. The summed E-state index contributed by atoms with van der Waals surface area (Å²) in [4.78, 5) is 30.7. The molecule has 2 heterocycles. The molecular weight excluding hydrogens is 356 g/mol. The zero-order valence-corrected chi connectivity index (χ0v) is 16.6. The molecule has 1 aromatic carbocycles. The minimum Gasteiger partial charge on any atom is -0.344 e. The number of rotatable bonds is 4. The molecule has 142 valence electrons. The fourth-order valence-corrected chi connectivity index (χ4v) is 4.82. The second kappa shape index (κ2) is 7.85. The van der Waals surface area contributed by atoms with Crippen LogP contribution in [-0.4, -0.2) is 48.3 Å². The number of hydrogen-bond donors (Lipinski definition) is 0. The monoisotopic (exact) mass is 382 g/mol. The summed E-state index contributed by atoms with van der Waals surface area (Å²) in [6.07, 6.45) is 3.84. The van der Waals surface area contributed by atoms with Gasteiger partial charge in [-0.25, -0.2) is 0 Å². The SMILES string of the molecule is CN1CCN(C(=O)C2CCC2)C[C@H](Cc2ccccc2-c2cccs2)C1=O. The molecule has 5 heteroatoms. The maximum absolute atomic E-state index is 13.0. The highest BCUT2D eigenvalue weighted by molar-refractivity contribution is 7.13. The highest BCUT2D eigenvalue weighted by Gasteiger charge is 2.35. The smallest absolute Gasteiger partial charge is 0.227 e. The van der Waals surface area contributed by atoms with E-state index < -0.39 is 0 Å². The first-order valence-corrected chi connectivity index (χ1v) is 10.7. The van der Waals surface area contributed by atoms with E-state index in [-0.39, 0.29) is 23.7 Å². The van der Waals surface area contributed by atoms with Gasteiger partial charge >= 0.3 is 0 Å². The van der Waals surface area contributed by atoms with Crippen molar-refractivity contribution in [3.8, 4) is 10.4 Å². The van der Waals surface area contributed by atoms with Gasteiger partial charge in [-0.2, -0.15) is 0 Å². The van der Waals surface area contributed by atoms with Crippen LogP contribution in [0.25, 0.3) is 10.4 Å². The lowest BCUT2D eigenvalue weighted by atomic mass is 9.84. The van der Waals surface area contributed by atoms with Crippen LogP contribution in [0.4, 0.5) is 0 Å². The number of nitrogens with zero attached hydrogens (tertiary/aromatic N) is 2. The standard InChI is InChI=1S/C22H26N2O2S/c1-23-11-12-24(22(26)16-7-4-8-16)15-18(21(23)25)14-17-6-2-3-9-19(17)20-10-5-13-27-20/h2-3,5-6,9-10,13,16,18H,4,7-8,11-12,14-15H2,1H3/t18-/m0/s1. The molecule has 0 N–H and O–H groups in total. The van der Waals surface area contributed by atoms with Crippen LogP contribution >= 0.6 is 11.3 Å². The summed E-state index contributed by atoms with van der Waals surface area (Å²) in [7, 11) is 1.86. The van der Waals surface area contributed by atoms with E-state index in [0.29, 0.717) is 26.1 Å². The Kier molecular flexibility index (Phi) is 5.30. The summed E-state index contributed by atoms with van der Waals surface area (Å²) in [5.41, 5.74) is 2.38. The first kappa shape index (κ1) is 18.2.